The first-order chi connectivity index (χ1) is 11.7. The van der Waals surface area contributed by atoms with Gasteiger partial charge in [-0.3, -0.25) is 14.7 Å². The van der Waals surface area contributed by atoms with Crippen molar-refractivity contribution in [2.45, 2.75) is 25.7 Å². The van der Waals surface area contributed by atoms with Crippen molar-refractivity contribution >= 4 is 47.6 Å². The van der Waals surface area contributed by atoms with Crippen LogP contribution in [0.5, 0.6) is 0 Å². The first kappa shape index (κ1) is 22.8. The molecule has 0 spiro atoms. The van der Waals surface area contributed by atoms with Gasteiger partial charge in [-0.15, -0.1) is 24.0 Å². The van der Waals surface area contributed by atoms with Crippen LogP contribution < -0.4 is 5.32 Å². The minimum atomic E-state index is 0. The van der Waals surface area contributed by atoms with Crippen molar-refractivity contribution in [3.8, 4) is 0 Å². The lowest BCUT2D eigenvalue weighted by Crippen LogP contribution is -2.54. The average molecular weight is 483 g/mol. The number of halogens is 1. The van der Waals surface area contributed by atoms with E-state index in [1.807, 2.05) is 23.7 Å². The molecule has 2 saturated heterocycles. The van der Waals surface area contributed by atoms with Gasteiger partial charge in [-0.25, -0.2) is 0 Å². The minimum absolute atomic E-state index is 0. The lowest BCUT2D eigenvalue weighted by atomic mass is 10.3. The summed E-state index contributed by atoms with van der Waals surface area (Å²) in [6.45, 7) is 7.22. The number of piperazine rings is 1. The van der Waals surface area contributed by atoms with E-state index < -0.39 is 0 Å². The third kappa shape index (κ3) is 7.90. The Hall–Kier alpha value is -0.220. The Labute approximate surface area is 174 Å². The van der Waals surface area contributed by atoms with Crippen LogP contribution in [-0.4, -0.2) is 98.0 Å². The van der Waals surface area contributed by atoms with Crippen LogP contribution in [0.1, 0.15) is 25.7 Å². The van der Waals surface area contributed by atoms with Crippen molar-refractivity contribution in [1.82, 2.24) is 20.0 Å². The molecule has 2 aliphatic rings. The number of aliphatic imine (C=N–C) groups is 1. The highest BCUT2D eigenvalue weighted by atomic mass is 127. The number of nitrogens with zero attached hydrogens (tertiary/aromatic N) is 4. The van der Waals surface area contributed by atoms with Gasteiger partial charge >= 0.3 is 0 Å². The predicted molar refractivity (Wildman–Crippen MR) is 118 cm³/mol. The summed E-state index contributed by atoms with van der Waals surface area (Å²) in [4.78, 5) is 23.3. The maximum absolute atomic E-state index is 12.2. The van der Waals surface area contributed by atoms with Crippen molar-refractivity contribution in [3.05, 3.63) is 0 Å². The number of thioether (sulfide) groups is 1. The highest BCUT2D eigenvalue weighted by Gasteiger charge is 2.24. The normalized spacial score (nSPS) is 19.0. The molecule has 0 unspecified atom stereocenters. The summed E-state index contributed by atoms with van der Waals surface area (Å²) in [5.41, 5.74) is 0. The third-order valence-electron chi connectivity index (χ3n) is 4.76. The molecule has 8 heteroatoms. The lowest BCUT2D eigenvalue weighted by molar-refractivity contribution is -0.131. The smallest absolute Gasteiger partial charge is 0.236 e. The Bertz CT molecular complexity index is 410. The summed E-state index contributed by atoms with van der Waals surface area (Å²) >= 11 is 1.90. The van der Waals surface area contributed by atoms with E-state index in [2.05, 4.69) is 26.4 Å². The SMILES string of the molecule is CN=C(NCCCCSC)N1CCN(CC(=O)N2CCCC2)CC1.I. The zero-order valence-electron chi connectivity index (χ0n) is 15.7. The van der Waals surface area contributed by atoms with E-state index in [1.54, 1.807) is 0 Å². The van der Waals surface area contributed by atoms with Gasteiger partial charge in [-0.1, -0.05) is 0 Å². The molecule has 0 bridgehead atoms. The molecule has 1 amide bonds. The number of carbonyl (C=O) groups excluding carboxylic acids is 1. The molecule has 2 aliphatic heterocycles. The Morgan fingerprint density at radius 1 is 1.04 bits per heavy atom. The number of amides is 1. The second-order valence-corrected chi connectivity index (χ2v) is 7.51. The minimum Gasteiger partial charge on any atom is -0.356 e. The van der Waals surface area contributed by atoms with Gasteiger partial charge in [0, 0.05) is 52.9 Å². The van der Waals surface area contributed by atoms with Gasteiger partial charge in [0.15, 0.2) is 5.96 Å². The highest BCUT2D eigenvalue weighted by molar-refractivity contribution is 14.0. The Kier molecular flexibility index (Phi) is 11.9. The van der Waals surface area contributed by atoms with Gasteiger partial charge in [0.05, 0.1) is 6.54 Å². The van der Waals surface area contributed by atoms with Gasteiger partial charge in [-0.2, -0.15) is 11.8 Å². The van der Waals surface area contributed by atoms with E-state index in [0.29, 0.717) is 12.5 Å². The van der Waals surface area contributed by atoms with Crippen molar-refractivity contribution in [2.24, 2.45) is 4.99 Å². The largest absolute Gasteiger partial charge is 0.356 e. The van der Waals surface area contributed by atoms with E-state index in [0.717, 1.165) is 51.8 Å². The number of carbonyl (C=O) groups is 1. The fourth-order valence-corrected chi connectivity index (χ4v) is 3.77. The summed E-state index contributed by atoms with van der Waals surface area (Å²) < 4.78 is 0. The van der Waals surface area contributed by atoms with Crippen molar-refractivity contribution in [2.75, 3.05) is 71.4 Å². The fourth-order valence-electron chi connectivity index (χ4n) is 3.28. The van der Waals surface area contributed by atoms with E-state index >= 15 is 0 Å². The Morgan fingerprint density at radius 3 is 2.32 bits per heavy atom. The average Bonchev–Trinajstić information content (AvgIpc) is 3.14. The van der Waals surface area contributed by atoms with E-state index in [1.165, 1.54) is 31.4 Å². The van der Waals surface area contributed by atoms with Gasteiger partial charge in [-0.05, 0) is 37.7 Å². The highest BCUT2D eigenvalue weighted by Crippen LogP contribution is 2.09. The van der Waals surface area contributed by atoms with Crippen LogP contribution in [0, 0.1) is 0 Å². The summed E-state index contributed by atoms with van der Waals surface area (Å²) in [6.07, 6.45) is 6.92. The first-order valence-corrected chi connectivity index (χ1v) is 10.6. The maximum Gasteiger partial charge on any atom is 0.236 e. The van der Waals surface area contributed by atoms with Gasteiger partial charge < -0.3 is 15.1 Å². The van der Waals surface area contributed by atoms with E-state index in [4.69, 9.17) is 0 Å². The van der Waals surface area contributed by atoms with Crippen LogP contribution in [0.15, 0.2) is 4.99 Å². The molecule has 1 N–H and O–H groups in total. The van der Waals surface area contributed by atoms with Crippen molar-refractivity contribution in [1.29, 1.82) is 0 Å². The standard InChI is InChI=1S/C17H33N5OS.HI/c1-18-17(19-7-3-6-14-24-2)22-12-10-20(11-13-22)15-16(23)21-8-4-5-9-21;/h3-15H2,1-2H3,(H,18,19);1H. The van der Waals surface area contributed by atoms with Crippen LogP contribution in [0.25, 0.3) is 0 Å². The molecule has 0 aromatic carbocycles. The molecule has 2 rings (SSSR count). The molecule has 6 nitrogen and oxygen atoms in total. The zero-order chi connectivity index (χ0) is 17.2. The molecule has 0 atom stereocenters. The molecule has 0 aliphatic carbocycles. The Balaban J connectivity index is 0.00000312. The van der Waals surface area contributed by atoms with Crippen LogP contribution >= 0.6 is 35.7 Å². The molecule has 25 heavy (non-hydrogen) atoms. The first-order valence-electron chi connectivity index (χ1n) is 9.19. The lowest BCUT2D eigenvalue weighted by Gasteiger charge is -2.36. The number of unbranched alkanes of at least 4 members (excludes halogenated alkanes) is 1. The van der Waals surface area contributed by atoms with E-state index in [9.17, 15) is 4.79 Å². The molecule has 0 radical (unpaired) electrons. The van der Waals surface area contributed by atoms with Crippen LogP contribution in [0.2, 0.25) is 0 Å². The second kappa shape index (κ2) is 13.0. The zero-order valence-corrected chi connectivity index (χ0v) is 18.9. The maximum atomic E-state index is 12.2. The molecule has 0 aromatic heterocycles. The molecular formula is C17H34IN5OS. The quantitative estimate of drug-likeness (QED) is 0.258. The fraction of sp³-hybridized carbons (Fsp3) is 0.882. The Morgan fingerprint density at radius 2 is 1.72 bits per heavy atom. The molecule has 0 aromatic rings. The number of nitrogens with one attached hydrogen (secondary N) is 1. The summed E-state index contributed by atoms with van der Waals surface area (Å²) in [7, 11) is 1.85. The third-order valence-corrected chi connectivity index (χ3v) is 5.46. The van der Waals surface area contributed by atoms with Gasteiger partial charge in [0.25, 0.3) is 0 Å². The number of hydrogen-bond donors (Lipinski definition) is 1. The van der Waals surface area contributed by atoms with Crippen molar-refractivity contribution < 1.29 is 4.79 Å². The second-order valence-electron chi connectivity index (χ2n) is 6.52. The summed E-state index contributed by atoms with van der Waals surface area (Å²) in [6, 6.07) is 0. The number of likely N-dealkylation sites (tertiary alicyclic amines) is 1. The summed E-state index contributed by atoms with van der Waals surface area (Å²) in [5.74, 6) is 2.53. The molecule has 2 heterocycles. The predicted octanol–water partition coefficient (Wildman–Crippen LogP) is 1.56. The topological polar surface area (TPSA) is 51.2 Å². The van der Waals surface area contributed by atoms with Crippen LogP contribution in [-0.2, 0) is 4.79 Å². The summed E-state index contributed by atoms with van der Waals surface area (Å²) in [5, 5.41) is 3.47. The molecule has 146 valence electrons. The van der Waals surface area contributed by atoms with Crippen LogP contribution in [0.4, 0.5) is 0 Å². The van der Waals surface area contributed by atoms with E-state index in [-0.39, 0.29) is 24.0 Å². The monoisotopic (exact) mass is 483 g/mol. The van der Waals surface area contributed by atoms with Crippen molar-refractivity contribution in [3.63, 3.8) is 0 Å². The number of guanidine groups is 1. The molecule has 0 saturated carbocycles. The van der Waals surface area contributed by atoms with Gasteiger partial charge in [0.2, 0.25) is 5.91 Å². The van der Waals surface area contributed by atoms with Gasteiger partial charge in [0.1, 0.15) is 0 Å². The molecular weight excluding hydrogens is 449 g/mol. The van der Waals surface area contributed by atoms with Crippen LogP contribution in [0.3, 0.4) is 0 Å². The number of rotatable bonds is 7. The molecule has 2 fully saturated rings. The number of hydrogen-bond acceptors (Lipinski definition) is 4.